The fourth-order valence-electron chi connectivity index (χ4n) is 10.6. The molecular formula is C63H42N2S. The molecule has 13 rings (SSSR count). The molecule has 2 aromatic heterocycles. The lowest BCUT2D eigenvalue weighted by atomic mass is 9.81. The van der Waals surface area contributed by atoms with Gasteiger partial charge in [-0.3, -0.25) is 0 Å². The first-order valence-corrected chi connectivity index (χ1v) is 23.5. The molecule has 10 aromatic carbocycles. The predicted octanol–water partition coefficient (Wildman–Crippen LogP) is 17.5. The topological polar surface area (TPSA) is 25.8 Å². The SMILES string of the molecule is CC1(C)c2cc3ccccc3cc2-c2c(-c3c(-c4cc(-c5ccccc5-c5ccc(-c6ccc7sc8ccccc8c7c6)cc5)nc(-c5ccccc5)n4)ccc4ccccc34)cccc21. The third kappa shape index (κ3) is 6.15. The predicted molar refractivity (Wildman–Crippen MR) is 280 cm³/mol. The zero-order valence-corrected chi connectivity index (χ0v) is 37.4. The summed E-state index contributed by atoms with van der Waals surface area (Å²) in [5, 5.41) is 7.54. The molecule has 310 valence electrons. The van der Waals surface area contributed by atoms with Crippen molar-refractivity contribution in [1.82, 2.24) is 9.97 Å². The first-order valence-electron chi connectivity index (χ1n) is 22.7. The van der Waals surface area contributed by atoms with Crippen molar-refractivity contribution >= 4 is 53.1 Å². The van der Waals surface area contributed by atoms with Gasteiger partial charge in [-0.15, -0.1) is 11.3 Å². The maximum Gasteiger partial charge on any atom is 0.160 e. The molecular weight excluding hydrogens is 817 g/mol. The van der Waals surface area contributed by atoms with E-state index in [4.69, 9.17) is 9.97 Å². The van der Waals surface area contributed by atoms with Crippen LogP contribution < -0.4 is 0 Å². The van der Waals surface area contributed by atoms with Gasteiger partial charge in [-0.1, -0.05) is 196 Å². The number of thiophene rings is 1. The van der Waals surface area contributed by atoms with E-state index < -0.39 is 0 Å². The average Bonchev–Trinajstić information content (AvgIpc) is 3.86. The van der Waals surface area contributed by atoms with Crippen LogP contribution in [0.15, 0.2) is 218 Å². The van der Waals surface area contributed by atoms with Crippen LogP contribution in [-0.2, 0) is 5.41 Å². The van der Waals surface area contributed by atoms with Crippen LogP contribution in [0.2, 0.25) is 0 Å². The Morgan fingerprint density at radius 3 is 1.77 bits per heavy atom. The van der Waals surface area contributed by atoms with Gasteiger partial charge in [0.15, 0.2) is 5.82 Å². The van der Waals surface area contributed by atoms with E-state index in [0.717, 1.165) is 39.2 Å². The van der Waals surface area contributed by atoms with E-state index in [1.807, 2.05) is 17.4 Å². The van der Waals surface area contributed by atoms with Crippen molar-refractivity contribution in [3.05, 3.63) is 230 Å². The summed E-state index contributed by atoms with van der Waals surface area (Å²) in [7, 11) is 0. The molecule has 0 bridgehead atoms. The second-order valence-corrected chi connectivity index (χ2v) is 19.2. The number of fused-ring (bicyclic) bond motifs is 8. The van der Waals surface area contributed by atoms with Crippen LogP contribution >= 0.6 is 11.3 Å². The van der Waals surface area contributed by atoms with E-state index in [-0.39, 0.29) is 5.41 Å². The molecule has 0 N–H and O–H groups in total. The molecule has 0 atom stereocenters. The first kappa shape index (κ1) is 38.5. The van der Waals surface area contributed by atoms with E-state index in [1.165, 1.54) is 86.2 Å². The Bertz CT molecular complexity index is 3900. The maximum atomic E-state index is 5.47. The first-order chi connectivity index (χ1) is 32.5. The van der Waals surface area contributed by atoms with Crippen LogP contribution in [0.5, 0.6) is 0 Å². The van der Waals surface area contributed by atoms with Gasteiger partial charge in [0.25, 0.3) is 0 Å². The Hall–Kier alpha value is -7.98. The van der Waals surface area contributed by atoms with E-state index in [1.54, 1.807) is 0 Å². The third-order valence-electron chi connectivity index (χ3n) is 13.9. The normalized spacial score (nSPS) is 12.8. The van der Waals surface area contributed by atoms with Crippen molar-refractivity contribution in [3.63, 3.8) is 0 Å². The molecule has 0 saturated carbocycles. The fraction of sp³-hybridized carbons (Fsp3) is 0.0476. The number of aromatic nitrogens is 2. The van der Waals surface area contributed by atoms with E-state index in [2.05, 4.69) is 226 Å². The number of hydrogen-bond donors (Lipinski definition) is 0. The van der Waals surface area contributed by atoms with Gasteiger partial charge in [-0.05, 0) is 114 Å². The molecule has 0 amide bonds. The molecule has 3 heteroatoms. The van der Waals surface area contributed by atoms with Crippen molar-refractivity contribution < 1.29 is 0 Å². The van der Waals surface area contributed by atoms with Crippen molar-refractivity contribution in [3.8, 4) is 78.4 Å². The Balaban J connectivity index is 0.988. The summed E-state index contributed by atoms with van der Waals surface area (Å²) in [6.07, 6.45) is 0. The second-order valence-electron chi connectivity index (χ2n) is 18.1. The molecule has 12 aromatic rings. The molecule has 2 nitrogen and oxygen atoms in total. The van der Waals surface area contributed by atoms with Gasteiger partial charge in [0.05, 0.1) is 11.4 Å². The summed E-state index contributed by atoms with van der Waals surface area (Å²) in [6, 6.07) is 79.7. The van der Waals surface area contributed by atoms with E-state index in [0.29, 0.717) is 5.82 Å². The average molecular weight is 859 g/mol. The van der Waals surface area contributed by atoms with Crippen LogP contribution in [0, 0.1) is 0 Å². The maximum absolute atomic E-state index is 5.47. The Kier molecular flexibility index (Phi) is 8.78. The highest BCUT2D eigenvalue weighted by Crippen LogP contribution is 2.55. The Morgan fingerprint density at radius 1 is 0.333 bits per heavy atom. The van der Waals surface area contributed by atoms with Crippen molar-refractivity contribution in [2.24, 2.45) is 0 Å². The van der Waals surface area contributed by atoms with Gasteiger partial charge < -0.3 is 0 Å². The second kappa shape index (κ2) is 15.1. The highest BCUT2D eigenvalue weighted by Gasteiger charge is 2.38. The molecule has 0 fully saturated rings. The summed E-state index contributed by atoms with van der Waals surface area (Å²) in [5.74, 6) is 0.694. The van der Waals surface area contributed by atoms with Crippen molar-refractivity contribution in [2.75, 3.05) is 0 Å². The minimum Gasteiger partial charge on any atom is -0.228 e. The van der Waals surface area contributed by atoms with Gasteiger partial charge in [-0.2, -0.15) is 0 Å². The van der Waals surface area contributed by atoms with E-state index in [9.17, 15) is 0 Å². The van der Waals surface area contributed by atoms with E-state index >= 15 is 0 Å². The fourth-order valence-corrected chi connectivity index (χ4v) is 11.7. The zero-order valence-electron chi connectivity index (χ0n) is 36.6. The molecule has 2 heterocycles. The summed E-state index contributed by atoms with van der Waals surface area (Å²) in [6.45, 7) is 4.75. The molecule has 0 spiro atoms. The van der Waals surface area contributed by atoms with Gasteiger partial charge in [0.2, 0.25) is 0 Å². The third-order valence-corrected chi connectivity index (χ3v) is 15.1. The summed E-state index contributed by atoms with van der Waals surface area (Å²) in [4.78, 5) is 10.9. The minimum atomic E-state index is -0.174. The zero-order chi connectivity index (χ0) is 43.9. The summed E-state index contributed by atoms with van der Waals surface area (Å²) < 4.78 is 2.64. The number of hydrogen-bond acceptors (Lipinski definition) is 3. The molecule has 0 saturated heterocycles. The molecule has 0 aliphatic heterocycles. The molecule has 1 aliphatic rings. The minimum absolute atomic E-state index is 0.174. The van der Waals surface area contributed by atoms with Crippen LogP contribution in [0.1, 0.15) is 25.0 Å². The molecule has 66 heavy (non-hydrogen) atoms. The Morgan fingerprint density at radius 2 is 0.955 bits per heavy atom. The highest BCUT2D eigenvalue weighted by atomic mass is 32.1. The van der Waals surface area contributed by atoms with Gasteiger partial charge in [0.1, 0.15) is 0 Å². The largest absolute Gasteiger partial charge is 0.228 e. The lowest BCUT2D eigenvalue weighted by molar-refractivity contribution is 0.661. The van der Waals surface area contributed by atoms with Crippen LogP contribution in [0.25, 0.3) is 120 Å². The smallest absolute Gasteiger partial charge is 0.160 e. The van der Waals surface area contributed by atoms with Gasteiger partial charge in [-0.25, -0.2) is 9.97 Å². The number of rotatable bonds is 6. The van der Waals surface area contributed by atoms with Gasteiger partial charge in [0, 0.05) is 42.3 Å². The van der Waals surface area contributed by atoms with Crippen molar-refractivity contribution in [1.29, 1.82) is 0 Å². The number of benzene rings is 10. The van der Waals surface area contributed by atoms with Crippen LogP contribution in [0.3, 0.4) is 0 Å². The van der Waals surface area contributed by atoms with Crippen molar-refractivity contribution in [2.45, 2.75) is 19.3 Å². The lowest BCUT2D eigenvalue weighted by Gasteiger charge is -2.22. The standard InChI is InChI=1S/C63H42N2S/c1-63(2)54-25-14-24-51(61(54)53-36-43-18-6-7-19-44(43)37-55(53)63)60-47-21-9-8-15-40(47)31-33-50(60)57-38-56(64-62(65-57)42-16-4-3-5-17-42)48-22-11-10-20-46(48)41-29-27-39(28-30-41)45-32-34-59-52(35-45)49-23-12-13-26-58(49)66-59/h3-38H,1-2H3. The molecule has 0 radical (unpaired) electrons. The lowest BCUT2D eigenvalue weighted by Crippen LogP contribution is -2.14. The molecule has 0 unspecified atom stereocenters. The highest BCUT2D eigenvalue weighted by molar-refractivity contribution is 7.25. The summed E-state index contributed by atoms with van der Waals surface area (Å²) in [5.41, 5.74) is 17.1. The Labute approximate surface area is 388 Å². The van der Waals surface area contributed by atoms with Crippen LogP contribution in [0.4, 0.5) is 0 Å². The quantitative estimate of drug-likeness (QED) is 0.166. The summed E-state index contributed by atoms with van der Waals surface area (Å²) >= 11 is 1.86. The number of nitrogens with zero attached hydrogens (tertiary/aromatic N) is 2. The van der Waals surface area contributed by atoms with Crippen LogP contribution in [-0.4, -0.2) is 9.97 Å². The molecule has 1 aliphatic carbocycles. The monoisotopic (exact) mass is 858 g/mol. The van der Waals surface area contributed by atoms with Gasteiger partial charge >= 0.3 is 0 Å².